The van der Waals surface area contributed by atoms with Crippen LogP contribution in [0.25, 0.3) is 11.0 Å². The van der Waals surface area contributed by atoms with E-state index in [1.807, 2.05) is 13.8 Å². The zero-order valence-corrected chi connectivity index (χ0v) is 15.3. The first-order valence-electron chi connectivity index (χ1n) is 9.11. The summed E-state index contributed by atoms with van der Waals surface area (Å²) in [6, 6.07) is 4.91. The summed E-state index contributed by atoms with van der Waals surface area (Å²) in [7, 11) is 1.33. The SMILES string of the molecule is [2H]C([2H])([2H])n1c([S@@](=O)Cc2ncc(C)c(OC)c2C)nc2ccc(OC)cc21. The van der Waals surface area contributed by atoms with Crippen LogP contribution in [0.1, 0.15) is 20.9 Å². The Balaban J connectivity index is 2.10. The van der Waals surface area contributed by atoms with Crippen molar-refractivity contribution in [3.05, 3.63) is 41.2 Å². The predicted octanol–water partition coefficient (Wildman–Crippen LogP) is 2.91. The number of aromatic nitrogens is 3. The van der Waals surface area contributed by atoms with Crippen molar-refractivity contribution < 1.29 is 17.8 Å². The molecule has 0 aliphatic rings. The molecular weight excluding hydrogens is 338 g/mol. The molecule has 0 aliphatic carbocycles. The average molecular weight is 362 g/mol. The van der Waals surface area contributed by atoms with E-state index in [-0.39, 0.29) is 10.9 Å². The van der Waals surface area contributed by atoms with E-state index in [9.17, 15) is 4.21 Å². The maximum absolute atomic E-state index is 13.1. The Kier molecular flexibility index (Phi) is 3.78. The van der Waals surface area contributed by atoms with Gasteiger partial charge in [-0.2, -0.15) is 0 Å². The fourth-order valence-electron chi connectivity index (χ4n) is 2.72. The maximum Gasteiger partial charge on any atom is 0.200 e. The lowest BCUT2D eigenvalue weighted by Crippen LogP contribution is -2.07. The number of pyridine rings is 1. The first-order chi connectivity index (χ1) is 13.2. The number of ether oxygens (including phenoxy) is 2. The third-order valence-corrected chi connectivity index (χ3v) is 5.27. The number of benzene rings is 1. The number of fused-ring (bicyclic) bond motifs is 1. The molecule has 1 aromatic carbocycles. The fourth-order valence-corrected chi connectivity index (χ4v) is 3.89. The Bertz CT molecular complexity index is 1060. The summed E-state index contributed by atoms with van der Waals surface area (Å²) in [4.78, 5) is 8.68. The smallest absolute Gasteiger partial charge is 0.200 e. The lowest BCUT2D eigenvalue weighted by Gasteiger charge is -2.12. The van der Waals surface area contributed by atoms with Crippen LogP contribution in [0, 0.1) is 13.8 Å². The molecule has 1 atom stereocenters. The van der Waals surface area contributed by atoms with Gasteiger partial charge in [0.2, 0.25) is 0 Å². The minimum Gasteiger partial charge on any atom is -0.497 e. The number of imidazole rings is 1. The largest absolute Gasteiger partial charge is 0.497 e. The molecule has 25 heavy (non-hydrogen) atoms. The van der Waals surface area contributed by atoms with Gasteiger partial charge in [0.1, 0.15) is 11.5 Å². The van der Waals surface area contributed by atoms with Gasteiger partial charge in [-0.3, -0.25) is 9.19 Å². The molecule has 0 saturated heterocycles. The van der Waals surface area contributed by atoms with Gasteiger partial charge in [0, 0.05) is 34.5 Å². The van der Waals surface area contributed by atoms with Crippen LogP contribution in [-0.4, -0.2) is 33.0 Å². The average Bonchev–Trinajstić information content (AvgIpc) is 3.03. The van der Waals surface area contributed by atoms with Crippen molar-refractivity contribution in [2.75, 3.05) is 14.2 Å². The van der Waals surface area contributed by atoms with E-state index in [1.165, 1.54) is 7.11 Å². The van der Waals surface area contributed by atoms with Crippen molar-refractivity contribution in [3.63, 3.8) is 0 Å². The molecule has 0 spiro atoms. The molecule has 3 rings (SSSR count). The highest BCUT2D eigenvalue weighted by molar-refractivity contribution is 7.84. The van der Waals surface area contributed by atoms with E-state index in [1.54, 1.807) is 31.5 Å². The van der Waals surface area contributed by atoms with Crippen LogP contribution >= 0.6 is 0 Å². The van der Waals surface area contributed by atoms with Crippen LogP contribution in [-0.2, 0) is 23.5 Å². The molecule has 0 saturated carbocycles. The van der Waals surface area contributed by atoms with Gasteiger partial charge < -0.3 is 14.0 Å². The highest BCUT2D eigenvalue weighted by Crippen LogP contribution is 2.27. The van der Waals surface area contributed by atoms with Crippen LogP contribution in [0.3, 0.4) is 0 Å². The number of hydrogen-bond acceptors (Lipinski definition) is 5. The van der Waals surface area contributed by atoms with Gasteiger partial charge in [-0.1, -0.05) is 0 Å². The van der Waals surface area contributed by atoms with E-state index in [0.717, 1.165) is 15.7 Å². The molecule has 0 fully saturated rings. The Morgan fingerprint density at radius 1 is 1.28 bits per heavy atom. The third kappa shape index (κ3) is 3.11. The van der Waals surface area contributed by atoms with E-state index in [2.05, 4.69) is 9.97 Å². The summed E-state index contributed by atoms with van der Waals surface area (Å²) in [6.07, 6.45) is 1.65. The molecule has 0 amide bonds. The molecule has 0 N–H and O–H groups in total. The van der Waals surface area contributed by atoms with Crippen LogP contribution in [0.2, 0.25) is 0 Å². The van der Waals surface area contributed by atoms with Crippen LogP contribution in [0.15, 0.2) is 29.6 Å². The second-order valence-corrected chi connectivity index (χ2v) is 6.97. The number of hydrogen-bond donors (Lipinski definition) is 0. The van der Waals surface area contributed by atoms with Crippen LogP contribution < -0.4 is 9.47 Å². The first kappa shape index (κ1) is 13.8. The first-order valence-corrected chi connectivity index (χ1v) is 8.93. The normalized spacial score (nSPS) is 14.6. The van der Waals surface area contributed by atoms with Gasteiger partial charge in [0.15, 0.2) is 5.16 Å². The van der Waals surface area contributed by atoms with Gasteiger partial charge in [0.25, 0.3) is 0 Å². The summed E-state index contributed by atoms with van der Waals surface area (Å²) < 4.78 is 48.4. The topological polar surface area (TPSA) is 66.2 Å². The molecule has 7 heteroatoms. The van der Waals surface area contributed by atoms with E-state index < -0.39 is 17.8 Å². The zero-order valence-electron chi connectivity index (χ0n) is 17.5. The standard InChI is InChI=1S/C18H21N3O3S/c1-11-9-19-15(12(2)17(11)24-5)10-25(22)18-20-14-7-6-13(23-4)8-16(14)21(18)3/h6-9H,10H2,1-5H3/t25-/m0/s1/i3D3. The van der Waals surface area contributed by atoms with Crippen LogP contribution in [0.5, 0.6) is 11.5 Å². The van der Waals surface area contributed by atoms with E-state index in [4.69, 9.17) is 13.6 Å². The molecular formula is C18H21N3O3S. The molecule has 2 heterocycles. The van der Waals surface area contributed by atoms with Gasteiger partial charge in [-0.05, 0) is 26.0 Å². The Morgan fingerprint density at radius 3 is 2.76 bits per heavy atom. The molecule has 0 radical (unpaired) electrons. The third-order valence-electron chi connectivity index (χ3n) is 4.05. The summed E-state index contributed by atoms with van der Waals surface area (Å²) in [5, 5.41) is -0.0241. The molecule has 0 bridgehead atoms. The predicted molar refractivity (Wildman–Crippen MR) is 97.6 cm³/mol. The number of methoxy groups -OCH3 is 2. The lowest BCUT2D eigenvalue weighted by atomic mass is 10.1. The van der Waals surface area contributed by atoms with Gasteiger partial charge in [0.05, 0.1) is 47.5 Å². The quantitative estimate of drug-likeness (QED) is 0.698. The van der Waals surface area contributed by atoms with E-state index in [0.29, 0.717) is 28.2 Å². The molecule has 0 aliphatic heterocycles. The van der Waals surface area contributed by atoms with Gasteiger partial charge in [-0.25, -0.2) is 4.98 Å². The number of aryl methyl sites for hydroxylation is 2. The van der Waals surface area contributed by atoms with Crippen molar-refractivity contribution in [1.82, 2.24) is 14.5 Å². The van der Waals surface area contributed by atoms with Crippen LogP contribution in [0.4, 0.5) is 0 Å². The molecule has 132 valence electrons. The highest BCUT2D eigenvalue weighted by Gasteiger charge is 2.18. The van der Waals surface area contributed by atoms with Crippen molar-refractivity contribution in [1.29, 1.82) is 0 Å². The Hall–Kier alpha value is -2.41. The lowest BCUT2D eigenvalue weighted by molar-refractivity contribution is 0.407. The zero-order chi connectivity index (χ0) is 20.6. The minimum atomic E-state index is -2.54. The molecule has 2 aromatic heterocycles. The summed E-state index contributed by atoms with van der Waals surface area (Å²) in [5.41, 5.74) is 2.99. The Labute approximate surface area is 153 Å². The summed E-state index contributed by atoms with van der Waals surface area (Å²) >= 11 is 0. The van der Waals surface area contributed by atoms with Crippen molar-refractivity contribution in [2.45, 2.75) is 24.8 Å². The van der Waals surface area contributed by atoms with Crippen molar-refractivity contribution in [3.8, 4) is 11.5 Å². The highest BCUT2D eigenvalue weighted by atomic mass is 32.2. The minimum absolute atomic E-state index is 0.0241. The second-order valence-electron chi connectivity index (χ2n) is 5.62. The second kappa shape index (κ2) is 6.84. The van der Waals surface area contributed by atoms with E-state index >= 15 is 0 Å². The van der Waals surface area contributed by atoms with Crippen molar-refractivity contribution >= 4 is 21.8 Å². The van der Waals surface area contributed by atoms with Gasteiger partial charge >= 0.3 is 0 Å². The summed E-state index contributed by atoms with van der Waals surface area (Å²) in [6.45, 7) is 1.17. The summed E-state index contributed by atoms with van der Waals surface area (Å²) in [5.74, 6) is 1.20. The molecule has 3 aromatic rings. The monoisotopic (exact) mass is 362 g/mol. The molecule has 6 nitrogen and oxygen atoms in total. The maximum atomic E-state index is 13.1. The molecule has 0 unspecified atom stereocenters. The van der Waals surface area contributed by atoms with Gasteiger partial charge in [-0.15, -0.1) is 0 Å². The fraction of sp³-hybridized carbons (Fsp3) is 0.333. The number of nitrogens with zero attached hydrogens (tertiary/aromatic N) is 3. The number of rotatable bonds is 5. The Morgan fingerprint density at radius 2 is 2.08 bits per heavy atom. The van der Waals surface area contributed by atoms with Crippen molar-refractivity contribution in [2.24, 2.45) is 6.98 Å².